The molecule has 1 unspecified atom stereocenters. The van der Waals surface area contributed by atoms with E-state index < -0.39 is 23.5 Å². The van der Waals surface area contributed by atoms with E-state index >= 15 is 0 Å². The molecular formula is C12H10ClF3N2S. The van der Waals surface area contributed by atoms with Crippen LogP contribution in [0.15, 0.2) is 17.5 Å². The molecule has 0 bridgehead atoms. The van der Waals surface area contributed by atoms with Gasteiger partial charge in [0, 0.05) is 10.4 Å². The summed E-state index contributed by atoms with van der Waals surface area (Å²) in [6.45, 7) is 1.79. The van der Waals surface area contributed by atoms with Crippen molar-refractivity contribution in [1.82, 2.24) is 5.43 Å². The molecule has 0 spiro atoms. The van der Waals surface area contributed by atoms with Crippen molar-refractivity contribution in [2.75, 3.05) is 0 Å². The molecule has 102 valence electrons. The van der Waals surface area contributed by atoms with E-state index in [-0.39, 0.29) is 5.56 Å². The van der Waals surface area contributed by atoms with Crippen molar-refractivity contribution in [2.45, 2.75) is 13.0 Å². The highest BCUT2D eigenvalue weighted by molar-refractivity contribution is 7.10. The van der Waals surface area contributed by atoms with Crippen LogP contribution in [0.4, 0.5) is 13.2 Å². The summed E-state index contributed by atoms with van der Waals surface area (Å²) in [4.78, 5) is 0.548. The van der Waals surface area contributed by atoms with Crippen LogP contribution in [0.5, 0.6) is 0 Å². The molecule has 0 amide bonds. The molecule has 7 heteroatoms. The van der Waals surface area contributed by atoms with E-state index in [2.05, 4.69) is 5.43 Å². The standard InChI is InChI=1S/C12H10ClF3N2S/c1-5-4-19-12(8(5)13)11(18-17)6-2-3-7(14)10(16)9(6)15/h2-4,11,18H,17H2,1H3. The molecule has 1 atom stereocenters. The molecule has 1 aromatic carbocycles. The van der Waals surface area contributed by atoms with Gasteiger partial charge < -0.3 is 0 Å². The Hall–Kier alpha value is -1.08. The van der Waals surface area contributed by atoms with Gasteiger partial charge in [-0.1, -0.05) is 17.7 Å². The average Bonchev–Trinajstić information content (AvgIpc) is 2.72. The molecule has 0 aliphatic rings. The van der Waals surface area contributed by atoms with Gasteiger partial charge in [0.05, 0.1) is 11.1 Å². The van der Waals surface area contributed by atoms with Crippen LogP contribution in [-0.4, -0.2) is 0 Å². The number of thiophene rings is 1. The second-order valence-corrected chi connectivity index (χ2v) is 5.25. The summed E-state index contributed by atoms with van der Waals surface area (Å²) in [5.74, 6) is 1.34. The fraction of sp³-hybridized carbons (Fsp3) is 0.167. The maximum atomic E-state index is 13.8. The van der Waals surface area contributed by atoms with Crippen LogP contribution in [0.3, 0.4) is 0 Å². The molecule has 0 saturated carbocycles. The highest BCUT2D eigenvalue weighted by Gasteiger charge is 2.24. The Bertz CT molecular complexity index is 615. The van der Waals surface area contributed by atoms with Gasteiger partial charge >= 0.3 is 0 Å². The van der Waals surface area contributed by atoms with E-state index in [1.807, 2.05) is 0 Å². The van der Waals surface area contributed by atoms with Crippen LogP contribution < -0.4 is 11.3 Å². The first kappa shape index (κ1) is 14.3. The molecule has 3 N–H and O–H groups in total. The first-order valence-electron chi connectivity index (χ1n) is 5.30. The van der Waals surface area contributed by atoms with E-state index in [9.17, 15) is 13.2 Å². The van der Waals surface area contributed by atoms with Crippen LogP contribution in [-0.2, 0) is 0 Å². The van der Waals surface area contributed by atoms with Gasteiger partial charge in [0.15, 0.2) is 17.5 Å². The van der Waals surface area contributed by atoms with E-state index in [1.54, 1.807) is 12.3 Å². The number of hydrogen-bond donors (Lipinski definition) is 2. The van der Waals surface area contributed by atoms with E-state index in [4.69, 9.17) is 17.4 Å². The molecule has 0 aliphatic carbocycles. The Labute approximate surface area is 117 Å². The van der Waals surface area contributed by atoms with Gasteiger partial charge in [-0.05, 0) is 23.9 Å². The normalized spacial score (nSPS) is 12.7. The highest BCUT2D eigenvalue weighted by Crippen LogP contribution is 2.36. The third kappa shape index (κ3) is 2.49. The lowest BCUT2D eigenvalue weighted by atomic mass is 10.0. The minimum Gasteiger partial charge on any atom is -0.271 e. The quantitative estimate of drug-likeness (QED) is 0.516. The summed E-state index contributed by atoms with van der Waals surface area (Å²) < 4.78 is 40.0. The Kier molecular flexibility index (Phi) is 4.15. The van der Waals surface area contributed by atoms with E-state index in [0.29, 0.717) is 9.90 Å². The van der Waals surface area contributed by atoms with Crippen molar-refractivity contribution in [3.05, 3.63) is 56.0 Å². The summed E-state index contributed by atoms with van der Waals surface area (Å²) in [6.07, 6.45) is 0. The first-order valence-corrected chi connectivity index (χ1v) is 6.56. The number of hydrogen-bond acceptors (Lipinski definition) is 3. The van der Waals surface area contributed by atoms with Crippen molar-refractivity contribution in [1.29, 1.82) is 0 Å². The zero-order chi connectivity index (χ0) is 14.2. The third-order valence-electron chi connectivity index (χ3n) is 2.73. The fourth-order valence-electron chi connectivity index (χ4n) is 1.71. The van der Waals surface area contributed by atoms with Crippen molar-refractivity contribution in [2.24, 2.45) is 5.84 Å². The lowest BCUT2D eigenvalue weighted by Crippen LogP contribution is -2.29. The SMILES string of the molecule is Cc1csc(C(NN)c2ccc(F)c(F)c2F)c1Cl. The van der Waals surface area contributed by atoms with Crippen molar-refractivity contribution >= 4 is 22.9 Å². The van der Waals surface area contributed by atoms with Crippen LogP contribution in [0.2, 0.25) is 5.02 Å². The third-order valence-corrected chi connectivity index (χ3v) is 4.51. The molecular weight excluding hydrogens is 297 g/mol. The molecule has 1 heterocycles. The largest absolute Gasteiger partial charge is 0.271 e. The number of halogens is 4. The van der Waals surface area contributed by atoms with Gasteiger partial charge in [0.2, 0.25) is 0 Å². The Morgan fingerprint density at radius 1 is 1.26 bits per heavy atom. The van der Waals surface area contributed by atoms with Gasteiger partial charge in [-0.15, -0.1) is 11.3 Å². The number of rotatable bonds is 3. The molecule has 0 saturated heterocycles. The van der Waals surface area contributed by atoms with Gasteiger partial charge in [-0.3, -0.25) is 5.84 Å². The van der Waals surface area contributed by atoms with Gasteiger partial charge in [-0.2, -0.15) is 0 Å². The van der Waals surface area contributed by atoms with Crippen LogP contribution in [0.25, 0.3) is 0 Å². The average molecular weight is 307 g/mol. The number of hydrazine groups is 1. The predicted molar refractivity (Wildman–Crippen MR) is 69.5 cm³/mol. The summed E-state index contributed by atoms with van der Waals surface area (Å²) in [5, 5.41) is 2.21. The van der Waals surface area contributed by atoms with Crippen molar-refractivity contribution in [3.63, 3.8) is 0 Å². The monoisotopic (exact) mass is 306 g/mol. The van der Waals surface area contributed by atoms with E-state index in [1.165, 1.54) is 11.3 Å². The summed E-state index contributed by atoms with van der Waals surface area (Å²) >= 11 is 7.35. The fourth-order valence-corrected chi connectivity index (χ4v) is 3.09. The second-order valence-electron chi connectivity index (χ2n) is 3.96. The van der Waals surface area contributed by atoms with Crippen LogP contribution in [0.1, 0.15) is 22.0 Å². The Morgan fingerprint density at radius 2 is 1.95 bits per heavy atom. The van der Waals surface area contributed by atoms with E-state index in [0.717, 1.165) is 17.7 Å². The maximum Gasteiger partial charge on any atom is 0.194 e. The van der Waals surface area contributed by atoms with Crippen molar-refractivity contribution in [3.8, 4) is 0 Å². The summed E-state index contributed by atoms with van der Waals surface area (Å²) in [5.41, 5.74) is 3.09. The number of aryl methyl sites for hydroxylation is 1. The molecule has 2 aromatic rings. The number of nitrogens with two attached hydrogens (primary N) is 1. The minimum atomic E-state index is -1.53. The molecule has 2 rings (SSSR count). The van der Waals surface area contributed by atoms with Gasteiger partial charge in [0.1, 0.15) is 0 Å². The summed E-state index contributed by atoms with van der Waals surface area (Å²) in [6, 6.07) is 1.16. The Morgan fingerprint density at radius 3 is 2.47 bits per heavy atom. The maximum absolute atomic E-state index is 13.8. The van der Waals surface area contributed by atoms with Gasteiger partial charge in [-0.25, -0.2) is 18.6 Å². The Balaban J connectivity index is 2.55. The molecule has 2 nitrogen and oxygen atoms in total. The first-order chi connectivity index (χ1) is 8.97. The topological polar surface area (TPSA) is 38.0 Å². The molecule has 0 radical (unpaired) electrons. The zero-order valence-corrected chi connectivity index (χ0v) is 11.4. The minimum absolute atomic E-state index is 0.0925. The molecule has 1 aromatic heterocycles. The van der Waals surface area contributed by atoms with Gasteiger partial charge in [0.25, 0.3) is 0 Å². The summed E-state index contributed by atoms with van der Waals surface area (Å²) in [7, 11) is 0. The lowest BCUT2D eigenvalue weighted by molar-refractivity contribution is 0.434. The smallest absolute Gasteiger partial charge is 0.194 e. The van der Waals surface area contributed by atoms with Crippen LogP contribution in [0, 0.1) is 24.4 Å². The van der Waals surface area contributed by atoms with Crippen LogP contribution >= 0.6 is 22.9 Å². The number of benzene rings is 1. The zero-order valence-electron chi connectivity index (χ0n) is 9.81. The highest BCUT2D eigenvalue weighted by atomic mass is 35.5. The number of nitrogens with one attached hydrogen (secondary N) is 1. The predicted octanol–water partition coefficient (Wildman–Crippen LogP) is 3.68. The molecule has 19 heavy (non-hydrogen) atoms. The van der Waals surface area contributed by atoms with Crippen molar-refractivity contribution < 1.29 is 13.2 Å². The lowest BCUT2D eigenvalue weighted by Gasteiger charge is -2.16. The second kappa shape index (κ2) is 5.50. The molecule has 0 aliphatic heterocycles. The molecule has 0 fully saturated rings.